The third-order valence-corrected chi connectivity index (χ3v) is 4.28. The zero-order valence-corrected chi connectivity index (χ0v) is 16.2. The first-order chi connectivity index (χ1) is 12.5. The average molecular weight is 468 g/mol. The third-order valence-electron chi connectivity index (χ3n) is 3.43. The van der Waals surface area contributed by atoms with Crippen LogP contribution in [0, 0.1) is 3.57 Å². The van der Waals surface area contributed by atoms with Gasteiger partial charge in [0.2, 0.25) is 0 Å². The fourth-order valence-corrected chi connectivity index (χ4v) is 2.80. The van der Waals surface area contributed by atoms with Crippen LogP contribution in [0.4, 0.5) is 0 Å². The maximum absolute atomic E-state index is 12.2. The summed E-state index contributed by atoms with van der Waals surface area (Å²) < 4.78 is 16.6. The summed E-state index contributed by atoms with van der Waals surface area (Å²) in [5, 5.41) is 8.95. The Balaban J connectivity index is 1.93. The van der Waals surface area contributed by atoms with Crippen molar-refractivity contribution in [2.75, 3.05) is 20.3 Å². The molecule has 0 spiro atoms. The molecule has 0 fully saturated rings. The van der Waals surface area contributed by atoms with Gasteiger partial charge in [0.15, 0.2) is 0 Å². The number of carbonyl (C=O) groups excluding carboxylic acids is 1. The van der Waals surface area contributed by atoms with Crippen molar-refractivity contribution in [2.45, 2.75) is 0 Å². The molecule has 0 aliphatic carbocycles. The normalized spacial score (nSPS) is 10.1. The molecule has 2 rings (SSSR count). The summed E-state index contributed by atoms with van der Waals surface area (Å²) in [5.41, 5.74) is 1.27. The van der Waals surface area contributed by atoms with E-state index < -0.39 is 11.9 Å². The predicted molar refractivity (Wildman–Crippen MR) is 105 cm³/mol. The molecule has 136 valence electrons. The first kappa shape index (κ1) is 19.8. The Morgan fingerprint density at radius 1 is 1.15 bits per heavy atom. The second-order valence-electron chi connectivity index (χ2n) is 5.10. The van der Waals surface area contributed by atoms with Crippen molar-refractivity contribution in [3.63, 3.8) is 0 Å². The predicted octanol–water partition coefficient (Wildman–Crippen LogP) is 3.88. The summed E-state index contributed by atoms with van der Waals surface area (Å²) in [7, 11) is 1.48. The minimum atomic E-state index is -1.00. The molecule has 1 N–H and O–H groups in total. The van der Waals surface area contributed by atoms with Gasteiger partial charge in [-0.2, -0.15) is 0 Å². The number of rotatable bonds is 8. The van der Waals surface area contributed by atoms with Crippen molar-refractivity contribution >= 4 is 40.6 Å². The number of carboxylic acids is 1. The van der Waals surface area contributed by atoms with Crippen molar-refractivity contribution in [1.29, 1.82) is 0 Å². The van der Waals surface area contributed by atoms with Crippen LogP contribution in [-0.4, -0.2) is 37.4 Å². The summed E-state index contributed by atoms with van der Waals surface area (Å²) in [5.74, 6) is -0.581. The van der Waals surface area contributed by atoms with Gasteiger partial charge < -0.3 is 19.3 Å². The standard InChI is InChI=1S/C19H17IO6/c1-3-12-4-6-16(24-2)14(10-12)19(23)26-9-8-25-17-7-5-13(18(21)22)11-15(17)20/h3-7,10-11H,1,8-9H2,2H3,(H,21,22). The summed E-state index contributed by atoms with van der Waals surface area (Å²) in [6.45, 7) is 3.85. The van der Waals surface area contributed by atoms with E-state index >= 15 is 0 Å². The van der Waals surface area contributed by atoms with E-state index in [9.17, 15) is 9.59 Å². The van der Waals surface area contributed by atoms with E-state index in [4.69, 9.17) is 19.3 Å². The molecule has 0 atom stereocenters. The summed E-state index contributed by atoms with van der Waals surface area (Å²) in [6, 6.07) is 9.64. The van der Waals surface area contributed by atoms with Gasteiger partial charge in [-0.05, 0) is 58.5 Å². The number of hydrogen-bond donors (Lipinski definition) is 1. The van der Waals surface area contributed by atoms with E-state index in [2.05, 4.69) is 6.58 Å². The zero-order valence-electron chi connectivity index (χ0n) is 14.0. The number of benzene rings is 2. The monoisotopic (exact) mass is 468 g/mol. The molecule has 7 heteroatoms. The van der Waals surface area contributed by atoms with Crippen LogP contribution in [0.2, 0.25) is 0 Å². The molecule has 0 radical (unpaired) electrons. The van der Waals surface area contributed by atoms with Gasteiger partial charge in [0.05, 0.1) is 16.2 Å². The van der Waals surface area contributed by atoms with Crippen molar-refractivity contribution in [3.05, 3.63) is 63.2 Å². The molecule has 6 nitrogen and oxygen atoms in total. The minimum Gasteiger partial charge on any atom is -0.496 e. The number of esters is 1. The second kappa shape index (κ2) is 9.23. The second-order valence-corrected chi connectivity index (χ2v) is 6.26. The van der Waals surface area contributed by atoms with E-state index in [1.165, 1.54) is 19.2 Å². The average Bonchev–Trinajstić information content (AvgIpc) is 2.65. The van der Waals surface area contributed by atoms with E-state index in [0.717, 1.165) is 5.56 Å². The Morgan fingerprint density at radius 3 is 2.50 bits per heavy atom. The van der Waals surface area contributed by atoms with Crippen LogP contribution in [-0.2, 0) is 4.74 Å². The molecule has 0 bridgehead atoms. The van der Waals surface area contributed by atoms with E-state index in [0.29, 0.717) is 20.6 Å². The zero-order chi connectivity index (χ0) is 19.1. The molecular weight excluding hydrogens is 451 g/mol. The Kier molecular flexibility index (Phi) is 7.02. The molecule has 2 aromatic rings. The SMILES string of the molecule is C=Cc1ccc(OC)c(C(=O)OCCOc2ccc(C(=O)O)cc2I)c1. The fraction of sp³-hybridized carbons (Fsp3) is 0.158. The quantitative estimate of drug-likeness (QED) is 0.360. The number of ether oxygens (including phenoxy) is 3. The molecule has 0 amide bonds. The van der Waals surface area contributed by atoms with Gasteiger partial charge in [-0.15, -0.1) is 0 Å². The van der Waals surface area contributed by atoms with E-state index in [-0.39, 0.29) is 18.8 Å². The van der Waals surface area contributed by atoms with Crippen LogP contribution in [0.1, 0.15) is 26.3 Å². The maximum Gasteiger partial charge on any atom is 0.342 e. The highest BCUT2D eigenvalue weighted by atomic mass is 127. The highest BCUT2D eigenvalue weighted by molar-refractivity contribution is 14.1. The molecule has 0 saturated carbocycles. The Labute approximate surface area is 164 Å². The Morgan fingerprint density at radius 2 is 1.88 bits per heavy atom. The van der Waals surface area contributed by atoms with Crippen molar-refractivity contribution in [1.82, 2.24) is 0 Å². The minimum absolute atomic E-state index is 0.0388. The number of halogens is 1. The Hall–Kier alpha value is -2.55. The van der Waals surface area contributed by atoms with Gasteiger partial charge in [-0.1, -0.05) is 18.7 Å². The lowest BCUT2D eigenvalue weighted by atomic mass is 10.1. The van der Waals surface area contributed by atoms with E-state index in [1.54, 1.807) is 30.3 Å². The molecular formula is C19H17IO6. The van der Waals surface area contributed by atoms with Gasteiger partial charge in [0, 0.05) is 0 Å². The lowest BCUT2D eigenvalue weighted by Gasteiger charge is -2.11. The van der Waals surface area contributed by atoms with Crippen LogP contribution in [0.3, 0.4) is 0 Å². The van der Waals surface area contributed by atoms with Gasteiger partial charge in [0.25, 0.3) is 0 Å². The van der Waals surface area contributed by atoms with Crippen molar-refractivity contribution in [3.8, 4) is 11.5 Å². The molecule has 0 unspecified atom stereocenters. The van der Waals surface area contributed by atoms with Crippen LogP contribution in [0.5, 0.6) is 11.5 Å². The number of hydrogen-bond acceptors (Lipinski definition) is 5. The Bertz CT molecular complexity index is 831. The number of carbonyl (C=O) groups is 2. The number of aromatic carboxylic acids is 1. The lowest BCUT2D eigenvalue weighted by Crippen LogP contribution is -2.13. The largest absolute Gasteiger partial charge is 0.496 e. The van der Waals surface area contributed by atoms with Crippen molar-refractivity contribution < 1.29 is 28.9 Å². The number of carboxylic acid groups (broad SMARTS) is 1. The molecule has 26 heavy (non-hydrogen) atoms. The third kappa shape index (κ3) is 4.98. The molecule has 0 aliphatic rings. The van der Waals surface area contributed by atoms with Crippen LogP contribution in [0.25, 0.3) is 6.08 Å². The van der Waals surface area contributed by atoms with Crippen LogP contribution in [0.15, 0.2) is 43.0 Å². The topological polar surface area (TPSA) is 82.1 Å². The smallest absolute Gasteiger partial charge is 0.342 e. The molecule has 0 heterocycles. The van der Waals surface area contributed by atoms with E-state index in [1.807, 2.05) is 22.6 Å². The van der Waals surface area contributed by atoms with Crippen molar-refractivity contribution in [2.24, 2.45) is 0 Å². The van der Waals surface area contributed by atoms with Gasteiger partial charge in [-0.3, -0.25) is 0 Å². The maximum atomic E-state index is 12.2. The first-order valence-electron chi connectivity index (χ1n) is 7.59. The van der Waals surface area contributed by atoms with Gasteiger partial charge >= 0.3 is 11.9 Å². The summed E-state index contributed by atoms with van der Waals surface area (Å²) in [6.07, 6.45) is 1.63. The summed E-state index contributed by atoms with van der Waals surface area (Å²) >= 11 is 1.99. The number of methoxy groups -OCH3 is 1. The van der Waals surface area contributed by atoms with Crippen LogP contribution < -0.4 is 9.47 Å². The molecule has 0 aliphatic heterocycles. The first-order valence-corrected chi connectivity index (χ1v) is 8.67. The molecule has 0 saturated heterocycles. The summed E-state index contributed by atoms with van der Waals surface area (Å²) in [4.78, 5) is 23.1. The lowest BCUT2D eigenvalue weighted by molar-refractivity contribution is 0.0446. The molecule has 0 aromatic heterocycles. The fourth-order valence-electron chi connectivity index (χ4n) is 2.13. The highest BCUT2D eigenvalue weighted by Crippen LogP contribution is 2.23. The molecule has 2 aromatic carbocycles. The van der Waals surface area contributed by atoms with Gasteiger partial charge in [-0.25, -0.2) is 9.59 Å². The van der Waals surface area contributed by atoms with Crippen LogP contribution >= 0.6 is 22.6 Å². The highest BCUT2D eigenvalue weighted by Gasteiger charge is 2.14. The van der Waals surface area contributed by atoms with Gasteiger partial charge in [0.1, 0.15) is 30.3 Å².